The lowest BCUT2D eigenvalue weighted by atomic mass is 9.91. The van der Waals surface area contributed by atoms with E-state index < -0.39 is 0 Å². The van der Waals surface area contributed by atoms with Crippen LogP contribution in [0.1, 0.15) is 49.1 Å². The highest BCUT2D eigenvalue weighted by Gasteiger charge is 2.27. The Hall–Kier alpha value is -3.58. The van der Waals surface area contributed by atoms with E-state index in [1.165, 1.54) is 17.2 Å². The van der Waals surface area contributed by atoms with Crippen molar-refractivity contribution in [3.8, 4) is 45.5 Å². The number of benzene rings is 2. The third kappa shape index (κ3) is 3.86. The molecule has 0 saturated heterocycles. The van der Waals surface area contributed by atoms with Crippen molar-refractivity contribution < 1.29 is 14.7 Å². The number of phenolic OH excluding ortho intramolecular Hbond substituents is 2. The lowest BCUT2D eigenvalue weighted by Crippen LogP contribution is -2.26. The van der Waals surface area contributed by atoms with Gasteiger partial charge in [-0.3, -0.25) is 0 Å². The van der Waals surface area contributed by atoms with Crippen LogP contribution < -0.4 is 0 Å². The third-order valence-electron chi connectivity index (χ3n) is 6.64. The van der Waals surface area contributed by atoms with E-state index in [-0.39, 0.29) is 17.4 Å². The maximum Gasteiger partial charge on any atom is 0.179 e. The first-order chi connectivity index (χ1) is 16.4. The smallest absolute Gasteiger partial charge is 0.179 e. The maximum absolute atomic E-state index is 10.8. The van der Waals surface area contributed by atoms with Crippen molar-refractivity contribution in [2.75, 3.05) is 13.6 Å². The molecule has 34 heavy (non-hydrogen) atoms. The van der Waals surface area contributed by atoms with Gasteiger partial charge < -0.3 is 24.6 Å². The highest BCUT2D eigenvalue weighted by Crippen LogP contribution is 2.45. The van der Waals surface area contributed by atoms with Gasteiger partial charge in [0, 0.05) is 31.0 Å². The molecule has 0 spiro atoms. The minimum atomic E-state index is -0.0564. The lowest BCUT2D eigenvalue weighted by Gasteiger charge is -2.25. The second kappa shape index (κ2) is 8.65. The number of aromatic amines is 1. The molecule has 2 aromatic heterocycles. The second-order valence-electron chi connectivity index (χ2n) is 9.40. The van der Waals surface area contributed by atoms with Crippen molar-refractivity contribution in [3.63, 3.8) is 0 Å². The van der Waals surface area contributed by atoms with Crippen LogP contribution in [-0.4, -0.2) is 43.8 Å². The van der Waals surface area contributed by atoms with Crippen LogP contribution in [0.15, 0.2) is 41.1 Å². The minimum Gasteiger partial charge on any atom is -0.508 e. The average molecular weight is 459 g/mol. The molecule has 2 aromatic carbocycles. The number of nitrogens with zero attached hydrogens (tertiary/aromatic N) is 3. The molecular weight excluding hydrogens is 428 g/mol. The zero-order valence-electron chi connectivity index (χ0n) is 20.0. The molecule has 0 atom stereocenters. The molecule has 1 aliphatic heterocycles. The number of H-pyrrole nitrogens is 1. The number of nitrogens with one attached hydrogen (secondary N) is 1. The lowest BCUT2D eigenvalue weighted by molar-refractivity contribution is 0.313. The Kier molecular flexibility index (Phi) is 5.65. The van der Waals surface area contributed by atoms with E-state index >= 15 is 0 Å². The molecule has 3 heterocycles. The number of aromatic hydroxyl groups is 2. The van der Waals surface area contributed by atoms with Gasteiger partial charge in [0.1, 0.15) is 11.5 Å². The van der Waals surface area contributed by atoms with Crippen molar-refractivity contribution in [1.29, 1.82) is 0 Å². The molecule has 5 rings (SSSR count). The van der Waals surface area contributed by atoms with E-state index in [0.29, 0.717) is 22.8 Å². The fraction of sp³-hybridized carbons (Fsp3) is 0.333. The third-order valence-corrected chi connectivity index (χ3v) is 6.64. The van der Waals surface area contributed by atoms with E-state index in [1.54, 1.807) is 6.07 Å². The van der Waals surface area contributed by atoms with Crippen LogP contribution in [-0.2, 0) is 19.4 Å². The molecule has 0 aliphatic carbocycles. The van der Waals surface area contributed by atoms with Gasteiger partial charge in [-0.25, -0.2) is 4.98 Å². The average Bonchev–Trinajstić information content (AvgIpc) is 3.45. The van der Waals surface area contributed by atoms with Gasteiger partial charge in [0.15, 0.2) is 17.3 Å². The normalized spacial score (nSPS) is 14.0. The van der Waals surface area contributed by atoms with Gasteiger partial charge in [0.05, 0.1) is 11.1 Å². The predicted molar refractivity (Wildman–Crippen MR) is 132 cm³/mol. The fourth-order valence-corrected chi connectivity index (χ4v) is 4.65. The van der Waals surface area contributed by atoms with E-state index in [2.05, 4.69) is 52.2 Å². The molecule has 3 N–H and O–H groups in total. The van der Waals surface area contributed by atoms with Crippen molar-refractivity contribution in [3.05, 3.63) is 58.9 Å². The Morgan fingerprint density at radius 3 is 2.68 bits per heavy atom. The summed E-state index contributed by atoms with van der Waals surface area (Å²) in [5.41, 5.74) is 7.19. The Morgan fingerprint density at radius 2 is 1.94 bits per heavy atom. The maximum atomic E-state index is 10.8. The van der Waals surface area contributed by atoms with Crippen molar-refractivity contribution >= 4 is 0 Å². The number of rotatable bonds is 5. The number of fused-ring (bicyclic) bond motifs is 1. The van der Waals surface area contributed by atoms with Crippen molar-refractivity contribution in [2.24, 2.45) is 0 Å². The zero-order valence-corrected chi connectivity index (χ0v) is 20.0. The number of hydrogen-bond donors (Lipinski definition) is 3. The van der Waals surface area contributed by atoms with E-state index in [0.717, 1.165) is 48.3 Å². The van der Waals surface area contributed by atoms with E-state index in [4.69, 9.17) is 4.52 Å². The van der Waals surface area contributed by atoms with Crippen LogP contribution in [0.3, 0.4) is 0 Å². The molecule has 4 aromatic rings. The number of likely N-dealkylation sites (N-methyl/N-ethyl adjacent to an activating group) is 1. The molecular formula is C27H30N4O3. The molecule has 0 amide bonds. The zero-order chi connectivity index (χ0) is 24.0. The first kappa shape index (κ1) is 22.2. The van der Waals surface area contributed by atoms with Gasteiger partial charge in [0.25, 0.3) is 0 Å². The molecule has 0 fully saturated rings. The van der Waals surface area contributed by atoms with Gasteiger partial charge in [0.2, 0.25) is 0 Å². The Bertz CT molecular complexity index is 1350. The van der Waals surface area contributed by atoms with Crippen molar-refractivity contribution in [2.45, 2.75) is 46.1 Å². The molecule has 7 heteroatoms. The van der Waals surface area contributed by atoms with Gasteiger partial charge >= 0.3 is 0 Å². The first-order valence-corrected chi connectivity index (χ1v) is 11.8. The molecule has 1 aliphatic rings. The summed E-state index contributed by atoms with van der Waals surface area (Å²) in [5.74, 6) is 1.16. The van der Waals surface area contributed by atoms with Gasteiger partial charge in [-0.1, -0.05) is 44.1 Å². The number of imidazole rings is 1. The highest BCUT2D eigenvalue weighted by molar-refractivity contribution is 5.91. The summed E-state index contributed by atoms with van der Waals surface area (Å²) in [5, 5.41) is 25.5. The Labute approximate surface area is 199 Å². The summed E-state index contributed by atoms with van der Waals surface area (Å²) >= 11 is 0. The minimum absolute atomic E-state index is 0.0564. The van der Waals surface area contributed by atoms with Gasteiger partial charge in [-0.2, -0.15) is 0 Å². The SMILES string of the molecule is CCc1cnc(-c2noc(-c3cc(C(C)C)c(O)cc3O)c2-c2ccc3c(c2)CCN(C)C3)[nH]1. The summed E-state index contributed by atoms with van der Waals surface area (Å²) < 4.78 is 5.89. The predicted octanol–water partition coefficient (Wildman–Crippen LogP) is 5.48. The van der Waals surface area contributed by atoms with Crippen LogP contribution >= 0.6 is 0 Å². The summed E-state index contributed by atoms with van der Waals surface area (Å²) in [6.07, 6.45) is 3.61. The molecule has 0 saturated carbocycles. The quantitative estimate of drug-likeness (QED) is 0.366. The van der Waals surface area contributed by atoms with Crippen molar-refractivity contribution in [1.82, 2.24) is 20.0 Å². The summed E-state index contributed by atoms with van der Waals surface area (Å²) in [6.45, 7) is 7.99. The number of aryl methyl sites for hydroxylation is 1. The summed E-state index contributed by atoms with van der Waals surface area (Å²) in [7, 11) is 2.13. The van der Waals surface area contributed by atoms with Crippen LogP contribution in [0.4, 0.5) is 0 Å². The molecule has 7 nitrogen and oxygen atoms in total. The molecule has 0 bridgehead atoms. The molecule has 0 unspecified atom stereocenters. The highest BCUT2D eigenvalue weighted by atomic mass is 16.5. The molecule has 176 valence electrons. The summed E-state index contributed by atoms with van der Waals surface area (Å²) in [4.78, 5) is 10.2. The number of phenols is 2. The Morgan fingerprint density at radius 1 is 1.12 bits per heavy atom. The largest absolute Gasteiger partial charge is 0.508 e. The number of aromatic nitrogens is 3. The van der Waals surface area contributed by atoms with E-state index in [9.17, 15) is 10.2 Å². The van der Waals surface area contributed by atoms with Gasteiger partial charge in [-0.05, 0) is 54.1 Å². The second-order valence-corrected chi connectivity index (χ2v) is 9.40. The number of hydrogen-bond acceptors (Lipinski definition) is 6. The van der Waals surface area contributed by atoms with Crippen LogP contribution in [0.2, 0.25) is 0 Å². The van der Waals surface area contributed by atoms with Crippen LogP contribution in [0.5, 0.6) is 11.5 Å². The van der Waals surface area contributed by atoms with Gasteiger partial charge in [-0.15, -0.1) is 0 Å². The first-order valence-electron chi connectivity index (χ1n) is 11.8. The van der Waals surface area contributed by atoms with Crippen LogP contribution in [0.25, 0.3) is 34.0 Å². The monoisotopic (exact) mass is 458 g/mol. The topological polar surface area (TPSA) is 98.4 Å². The standard InChI is InChI=1S/C27H30N4O3/c1-5-19-13-28-27(29-19)25-24(17-6-7-18-14-31(4)9-8-16(18)10-17)26(34-30-25)21-11-20(15(2)3)22(32)12-23(21)33/h6-7,10-13,15,32-33H,5,8-9,14H2,1-4H3,(H,28,29). The van der Waals surface area contributed by atoms with E-state index in [1.807, 2.05) is 20.0 Å². The fourth-order valence-electron chi connectivity index (χ4n) is 4.65. The van der Waals surface area contributed by atoms with Crippen LogP contribution in [0, 0.1) is 0 Å². The Balaban J connectivity index is 1.73. The molecule has 0 radical (unpaired) electrons. The summed E-state index contributed by atoms with van der Waals surface area (Å²) in [6, 6.07) is 9.61.